The van der Waals surface area contributed by atoms with Crippen molar-refractivity contribution >= 4 is 11.7 Å². The molecule has 2 aliphatic rings. The third-order valence-electron chi connectivity index (χ3n) is 7.90. The second-order valence-electron chi connectivity index (χ2n) is 10.6. The lowest BCUT2D eigenvalue weighted by molar-refractivity contribution is -0.137. The van der Waals surface area contributed by atoms with Crippen molar-refractivity contribution in [1.29, 1.82) is 0 Å². The van der Waals surface area contributed by atoms with E-state index in [1.807, 2.05) is 31.2 Å². The van der Waals surface area contributed by atoms with Gasteiger partial charge in [-0.25, -0.2) is 0 Å². The summed E-state index contributed by atoms with van der Waals surface area (Å²) in [5, 5.41) is 11.1. The summed E-state index contributed by atoms with van der Waals surface area (Å²) >= 11 is 0. The van der Waals surface area contributed by atoms with Crippen LogP contribution in [0.2, 0.25) is 0 Å². The summed E-state index contributed by atoms with van der Waals surface area (Å²) in [6, 6.07) is 12.5. The van der Waals surface area contributed by atoms with Crippen LogP contribution in [0.1, 0.15) is 78.4 Å². The molecular weight excluding hydrogens is 467 g/mol. The van der Waals surface area contributed by atoms with E-state index in [9.17, 15) is 27.9 Å². The number of Topliss-reactive ketones (excluding diaryl/α,β-unsaturated/α-hetero) is 1. The average molecular weight is 502 g/mol. The van der Waals surface area contributed by atoms with E-state index in [2.05, 4.69) is 0 Å². The number of hydrogen-bond acceptors (Lipinski definition) is 3. The average Bonchev–Trinajstić information content (AvgIpc) is 3.32. The first-order valence-corrected chi connectivity index (χ1v) is 12.8. The molecular formula is C29H34F3NO3. The topological polar surface area (TPSA) is 57.6 Å². The monoisotopic (exact) mass is 501 g/mol. The van der Waals surface area contributed by atoms with Crippen molar-refractivity contribution in [1.82, 2.24) is 4.90 Å². The van der Waals surface area contributed by atoms with Gasteiger partial charge in [0.05, 0.1) is 11.2 Å². The summed E-state index contributed by atoms with van der Waals surface area (Å²) < 4.78 is 38.7. The summed E-state index contributed by atoms with van der Waals surface area (Å²) in [5.74, 6) is 0.366. The van der Waals surface area contributed by atoms with Crippen LogP contribution in [0.5, 0.6) is 0 Å². The minimum Gasteiger partial charge on any atom is -0.385 e. The van der Waals surface area contributed by atoms with Gasteiger partial charge in [-0.3, -0.25) is 9.59 Å². The molecule has 1 saturated heterocycles. The van der Waals surface area contributed by atoms with Crippen LogP contribution < -0.4 is 0 Å². The van der Waals surface area contributed by atoms with Crippen molar-refractivity contribution in [3.63, 3.8) is 0 Å². The highest BCUT2D eigenvalue weighted by molar-refractivity contribution is 5.98. The third-order valence-corrected chi connectivity index (χ3v) is 7.90. The van der Waals surface area contributed by atoms with Crippen molar-refractivity contribution in [3.05, 3.63) is 70.8 Å². The molecule has 0 radical (unpaired) electrons. The number of ketones is 1. The van der Waals surface area contributed by atoms with E-state index in [0.29, 0.717) is 24.9 Å². The number of hydrogen-bond donors (Lipinski definition) is 1. The molecule has 194 valence electrons. The van der Waals surface area contributed by atoms with Crippen molar-refractivity contribution in [3.8, 4) is 0 Å². The molecule has 0 spiro atoms. The van der Waals surface area contributed by atoms with Gasteiger partial charge in [0.25, 0.3) is 0 Å². The van der Waals surface area contributed by atoms with Crippen molar-refractivity contribution < 1.29 is 27.9 Å². The molecule has 2 aromatic rings. The Kier molecular flexibility index (Phi) is 7.88. The maximum atomic E-state index is 12.9. The van der Waals surface area contributed by atoms with Crippen molar-refractivity contribution in [2.45, 2.75) is 70.1 Å². The summed E-state index contributed by atoms with van der Waals surface area (Å²) in [6.45, 7) is 3.35. The van der Waals surface area contributed by atoms with Gasteiger partial charge in [-0.2, -0.15) is 13.2 Å². The summed E-state index contributed by atoms with van der Waals surface area (Å²) in [7, 11) is 0. The fraction of sp³-hybridized carbons (Fsp3) is 0.517. The Morgan fingerprint density at radius 3 is 2.36 bits per heavy atom. The molecule has 36 heavy (non-hydrogen) atoms. The van der Waals surface area contributed by atoms with Crippen LogP contribution in [0.25, 0.3) is 0 Å². The second kappa shape index (κ2) is 10.8. The lowest BCUT2D eigenvalue weighted by Crippen LogP contribution is -2.32. The highest BCUT2D eigenvalue weighted by atomic mass is 19.4. The highest BCUT2D eigenvalue weighted by Crippen LogP contribution is 2.42. The van der Waals surface area contributed by atoms with Gasteiger partial charge in [0, 0.05) is 31.5 Å². The normalized spacial score (nSPS) is 24.6. The molecule has 7 heteroatoms. The molecule has 0 unspecified atom stereocenters. The zero-order valence-corrected chi connectivity index (χ0v) is 20.7. The van der Waals surface area contributed by atoms with Crippen molar-refractivity contribution in [2.24, 2.45) is 11.8 Å². The smallest absolute Gasteiger partial charge is 0.385 e. The third kappa shape index (κ3) is 6.36. The van der Waals surface area contributed by atoms with Crippen LogP contribution >= 0.6 is 0 Å². The Morgan fingerprint density at radius 2 is 1.69 bits per heavy atom. The van der Waals surface area contributed by atoms with Gasteiger partial charge in [0.2, 0.25) is 5.91 Å². The Hall–Kier alpha value is -2.67. The van der Waals surface area contributed by atoms with Crippen LogP contribution in [0.3, 0.4) is 0 Å². The molecule has 1 atom stereocenters. The molecule has 1 saturated carbocycles. The standard InChI is InChI=1S/C29H34F3NO3/c1-20-5-7-24(8-6-20)28(36)14-11-21(12-15-28)17-22-13-16-33(19-22)27(35)10-9-26(34)23-3-2-4-25(18-23)29(30,31)32/h2-8,18,21-22,36H,9-17,19H2,1H3/t21?,22-,28?/m1/s1. The van der Waals surface area contributed by atoms with Crippen LogP contribution in [0.4, 0.5) is 13.2 Å². The molecule has 1 aliphatic carbocycles. The van der Waals surface area contributed by atoms with E-state index in [1.54, 1.807) is 4.90 Å². The van der Waals surface area contributed by atoms with Crippen LogP contribution in [0, 0.1) is 18.8 Å². The molecule has 1 amide bonds. The predicted molar refractivity (Wildman–Crippen MR) is 131 cm³/mol. The number of likely N-dealkylation sites (tertiary alicyclic amines) is 1. The van der Waals surface area contributed by atoms with Gasteiger partial charge in [0.1, 0.15) is 0 Å². The first kappa shape index (κ1) is 26.4. The molecule has 2 fully saturated rings. The molecule has 2 aromatic carbocycles. The Morgan fingerprint density at radius 1 is 1.00 bits per heavy atom. The number of nitrogens with zero attached hydrogens (tertiary/aromatic N) is 1. The first-order chi connectivity index (χ1) is 17.0. The van der Waals surface area contributed by atoms with Gasteiger partial charge in [-0.05, 0) is 75.0 Å². The van der Waals surface area contributed by atoms with Gasteiger partial charge in [0.15, 0.2) is 5.78 Å². The SMILES string of the molecule is Cc1ccc(C2(O)CCC(C[C@H]3CCN(C(=O)CCC(=O)c4cccc(C(F)(F)F)c4)C3)CC2)cc1. The van der Waals surface area contributed by atoms with Gasteiger partial charge >= 0.3 is 6.18 Å². The largest absolute Gasteiger partial charge is 0.416 e. The Balaban J connectivity index is 1.21. The number of benzene rings is 2. The number of rotatable bonds is 7. The zero-order chi connectivity index (χ0) is 25.9. The number of carbonyl (C=O) groups excluding carboxylic acids is 2. The first-order valence-electron chi connectivity index (χ1n) is 12.8. The highest BCUT2D eigenvalue weighted by Gasteiger charge is 2.37. The summed E-state index contributed by atoms with van der Waals surface area (Å²) in [4.78, 5) is 26.8. The van der Waals surface area contributed by atoms with E-state index in [1.165, 1.54) is 17.7 Å². The molecule has 0 aromatic heterocycles. The van der Waals surface area contributed by atoms with Crippen LogP contribution in [-0.4, -0.2) is 34.8 Å². The maximum absolute atomic E-state index is 12.9. The van der Waals surface area contributed by atoms with Gasteiger partial charge in [-0.15, -0.1) is 0 Å². The van der Waals surface area contributed by atoms with Gasteiger partial charge in [-0.1, -0.05) is 42.0 Å². The molecule has 0 bridgehead atoms. The van der Waals surface area contributed by atoms with Crippen LogP contribution in [-0.2, 0) is 16.6 Å². The van der Waals surface area contributed by atoms with E-state index in [4.69, 9.17) is 0 Å². The van der Waals surface area contributed by atoms with Crippen molar-refractivity contribution in [2.75, 3.05) is 13.1 Å². The number of aliphatic hydroxyl groups is 1. The fourth-order valence-corrected chi connectivity index (χ4v) is 5.66. The van der Waals surface area contributed by atoms with Gasteiger partial charge < -0.3 is 10.0 Å². The maximum Gasteiger partial charge on any atom is 0.416 e. The minimum atomic E-state index is -4.51. The van der Waals surface area contributed by atoms with E-state index in [-0.39, 0.29) is 24.3 Å². The van der Waals surface area contributed by atoms with E-state index < -0.39 is 23.1 Å². The predicted octanol–water partition coefficient (Wildman–Crippen LogP) is 6.29. The molecule has 4 nitrogen and oxygen atoms in total. The number of carbonyl (C=O) groups is 2. The number of alkyl halides is 3. The van der Waals surface area contributed by atoms with E-state index >= 15 is 0 Å². The fourth-order valence-electron chi connectivity index (χ4n) is 5.66. The minimum absolute atomic E-state index is 0.00874. The number of amides is 1. The lowest BCUT2D eigenvalue weighted by atomic mass is 9.73. The summed E-state index contributed by atoms with van der Waals surface area (Å²) in [5.41, 5.74) is 0.538. The molecule has 1 aliphatic heterocycles. The zero-order valence-electron chi connectivity index (χ0n) is 20.7. The van der Waals surface area contributed by atoms with Crippen LogP contribution in [0.15, 0.2) is 48.5 Å². The lowest BCUT2D eigenvalue weighted by Gasteiger charge is -2.37. The second-order valence-corrected chi connectivity index (χ2v) is 10.6. The Bertz CT molecular complexity index is 1070. The number of aryl methyl sites for hydroxylation is 1. The molecule has 4 rings (SSSR count). The quantitative estimate of drug-likeness (QED) is 0.454. The summed E-state index contributed by atoms with van der Waals surface area (Å²) in [6.07, 6.45) is 0.760. The Labute approximate surface area is 210 Å². The van der Waals surface area contributed by atoms with E-state index in [0.717, 1.165) is 56.2 Å². The molecule has 1 N–H and O–H groups in total. The number of halogens is 3. The molecule has 1 heterocycles.